The van der Waals surface area contributed by atoms with Gasteiger partial charge in [0.15, 0.2) is 0 Å². The first-order chi connectivity index (χ1) is 11.0. The van der Waals surface area contributed by atoms with E-state index in [1.165, 1.54) is 4.90 Å². The molecule has 1 aromatic heterocycles. The molecule has 2 heterocycles. The summed E-state index contributed by atoms with van der Waals surface area (Å²) >= 11 is 0. The number of carbonyl (C=O) groups excluding carboxylic acids is 2. The minimum atomic E-state index is -0.423. The van der Waals surface area contributed by atoms with E-state index in [4.69, 9.17) is 0 Å². The Labute approximate surface area is 130 Å². The van der Waals surface area contributed by atoms with E-state index in [1.54, 1.807) is 23.1 Å². The fourth-order valence-corrected chi connectivity index (χ4v) is 2.77. The summed E-state index contributed by atoms with van der Waals surface area (Å²) in [5, 5.41) is 5.10. The number of fused-ring (bicyclic) bond motifs is 1. The number of H-pyrrole nitrogens is 2. The van der Waals surface area contributed by atoms with Gasteiger partial charge in [-0.1, -0.05) is 6.07 Å². The highest BCUT2D eigenvalue weighted by atomic mass is 16.2. The lowest BCUT2D eigenvalue weighted by atomic mass is 10.1. The number of hydrogen-bond donors (Lipinski definition) is 2. The van der Waals surface area contributed by atoms with Crippen molar-refractivity contribution in [3.05, 3.63) is 38.9 Å². The van der Waals surface area contributed by atoms with Crippen molar-refractivity contribution in [3.63, 3.8) is 0 Å². The molecule has 0 aliphatic carbocycles. The van der Waals surface area contributed by atoms with Gasteiger partial charge in [0.05, 0.1) is 16.5 Å². The van der Waals surface area contributed by atoms with Crippen LogP contribution in [-0.2, 0) is 9.59 Å². The van der Waals surface area contributed by atoms with Gasteiger partial charge in [0.1, 0.15) is 6.67 Å². The van der Waals surface area contributed by atoms with E-state index in [0.29, 0.717) is 12.2 Å². The Bertz CT molecular complexity index is 882. The van der Waals surface area contributed by atoms with Crippen molar-refractivity contribution in [3.8, 4) is 0 Å². The molecule has 1 aliphatic rings. The second-order valence-electron chi connectivity index (χ2n) is 5.32. The van der Waals surface area contributed by atoms with Crippen LogP contribution in [0.3, 0.4) is 0 Å². The molecule has 1 aliphatic heterocycles. The van der Waals surface area contributed by atoms with Gasteiger partial charge in [0.25, 0.3) is 11.1 Å². The fourth-order valence-electron chi connectivity index (χ4n) is 2.77. The molecule has 8 heteroatoms. The van der Waals surface area contributed by atoms with E-state index < -0.39 is 11.1 Å². The van der Waals surface area contributed by atoms with Crippen LogP contribution in [0.2, 0.25) is 0 Å². The molecule has 8 nitrogen and oxygen atoms in total. The van der Waals surface area contributed by atoms with Gasteiger partial charge in [0, 0.05) is 19.4 Å². The number of anilines is 1. The van der Waals surface area contributed by atoms with Gasteiger partial charge >= 0.3 is 0 Å². The largest absolute Gasteiger partial charge is 0.353 e. The lowest BCUT2D eigenvalue weighted by Gasteiger charge is -2.28. The maximum Gasteiger partial charge on any atom is 0.272 e. The van der Waals surface area contributed by atoms with Crippen LogP contribution in [0.1, 0.15) is 19.8 Å². The molecule has 23 heavy (non-hydrogen) atoms. The molecule has 0 bridgehead atoms. The summed E-state index contributed by atoms with van der Waals surface area (Å²) in [6.45, 7) is 2.40. The standard InChI is InChI=1S/C15H16N4O4/c1-2-18(8-19-11(20)6-7-12(19)21)10-5-3-4-9-13(10)15(23)17-16-14(9)22/h3-5H,2,6-8H2,1H3,(H,16,22)(H,17,23). The molecule has 0 atom stereocenters. The van der Waals surface area contributed by atoms with Gasteiger partial charge < -0.3 is 4.90 Å². The van der Waals surface area contributed by atoms with Crippen LogP contribution < -0.4 is 16.0 Å². The Morgan fingerprint density at radius 2 is 1.70 bits per heavy atom. The summed E-state index contributed by atoms with van der Waals surface area (Å²) in [5.41, 5.74) is -0.302. The Balaban J connectivity index is 2.09. The Hall–Kier alpha value is -2.90. The monoisotopic (exact) mass is 316 g/mol. The number of carbonyl (C=O) groups is 2. The predicted molar refractivity (Wildman–Crippen MR) is 84.2 cm³/mol. The van der Waals surface area contributed by atoms with Crippen LogP contribution >= 0.6 is 0 Å². The van der Waals surface area contributed by atoms with Crippen LogP contribution in [0.5, 0.6) is 0 Å². The van der Waals surface area contributed by atoms with Crippen molar-refractivity contribution in [2.24, 2.45) is 0 Å². The zero-order valence-electron chi connectivity index (χ0n) is 12.6. The molecule has 0 unspecified atom stereocenters. The topological polar surface area (TPSA) is 106 Å². The molecule has 2 aromatic rings. The minimum absolute atomic E-state index is 0.0690. The molecule has 0 radical (unpaired) electrons. The third-order valence-electron chi connectivity index (χ3n) is 3.99. The summed E-state index contributed by atoms with van der Waals surface area (Å²) in [5.74, 6) is -0.444. The number of aromatic amines is 2. The van der Waals surface area contributed by atoms with Gasteiger partial charge in [0.2, 0.25) is 11.8 Å². The summed E-state index contributed by atoms with van der Waals surface area (Å²) in [6.07, 6.45) is 0.429. The zero-order valence-corrected chi connectivity index (χ0v) is 12.6. The number of benzene rings is 1. The Morgan fingerprint density at radius 1 is 1.04 bits per heavy atom. The summed E-state index contributed by atoms with van der Waals surface area (Å²) in [7, 11) is 0. The number of likely N-dealkylation sites (tertiary alicyclic amines) is 1. The first kappa shape index (κ1) is 15.0. The molecule has 120 valence electrons. The number of imide groups is 1. The van der Waals surface area contributed by atoms with Crippen molar-refractivity contribution < 1.29 is 9.59 Å². The number of rotatable bonds is 4. The molecule has 3 rings (SSSR count). The van der Waals surface area contributed by atoms with Crippen LogP contribution in [0.4, 0.5) is 5.69 Å². The summed E-state index contributed by atoms with van der Waals surface area (Å²) in [6, 6.07) is 4.93. The van der Waals surface area contributed by atoms with E-state index in [-0.39, 0.29) is 42.1 Å². The first-order valence-electron chi connectivity index (χ1n) is 7.34. The molecular formula is C15H16N4O4. The third-order valence-corrected chi connectivity index (χ3v) is 3.99. The maximum absolute atomic E-state index is 12.1. The summed E-state index contributed by atoms with van der Waals surface area (Å²) in [4.78, 5) is 50.6. The van der Waals surface area contributed by atoms with E-state index in [0.717, 1.165) is 0 Å². The van der Waals surface area contributed by atoms with Gasteiger partial charge in [-0.15, -0.1) is 0 Å². The van der Waals surface area contributed by atoms with Crippen molar-refractivity contribution in [1.29, 1.82) is 0 Å². The van der Waals surface area contributed by atoms with Gasteiger partial charge in [-0.05, 0) is 19.1 Å². The zero-order chi connectivity index (χ0) is 16.6. The highest BCUT2D eigenvalue weighted by Crippen LogP contribution is 2.23. The quantitative estimate of drug-likeness (QED) is 0.781. The van der Waals surface area contributed by atoms with Crippen LogP contribution in [-0.4, -0.2) is 40.1 Å². The van der Waals surface area contributed by atoms with E-state index in [1.807, 2.05) is 6.92 Å². The third kappa shape index (κ3) is 2.52. The van der Waals surface area contributed by atoms with Crippen molar-refractivity contribution in [1.82, 2.24) is 15.1 Å². The summed E-state index contributed by atoms with van der Waals surface area (Å²) < 4.78 is 0. The van der Waals surface area contributed by atoms with Gasteiger partial charge in [-0.25, -0.2) is 0 Å². The van der Waals surface area contributed by atoms with Crippen LogP contribution in [0.25, 0.3) is 10.8 Å². The molecule has 1 fully saturated rings. The molecule has 1 saturated heterocycles. The van der Waals surface area contributed by atoms with Gasteiger partial charge in [-0.3, -0.25) is 34.3 Å². The molecule has 1 aromatic carbocycles. The van der Waals surface area contributed by atoms with Crippen molar-refractivity contribution in [2.75, 3.05) is 18.1 Å². The van der Waals surface area contributed by atoms with Crippen molar-refractivity contribution in [2.45, 2.75) is 19.8 Å². The van der Waals surface area contributed by atoms with Crippen LogP contribution in [0.15, 0.2) is 27.8 Å². The average molecular weight is 316 g/mol. The highest BCUT2D eigenvalue weighted by Gasteiger charge is 2.30. The number of nitrogens with one attached hydrogen (secondary N) is 2. The Morgan fingerprint density at radius 3 is 2.35 bits per heavy atom. The molecule has 2 amide bonds. The number of amides is 2. The van der Waals surface area contributed by atoms with Crippen LogP contribution in [0, 0.1) is 0 Å². The van der Waals surface area contributed by atoms with E-state index >= 15 is 0 Å². The molecule has 2 N–H and O–H groups in total. The van der Waals surface area contributed by atoms with Gasteiger partial charge in [-0.2, -0.15) is 0 Å². The smallest absolute Gasteiger partial charge is 0.272 e. The second kappa shape index (κ2) is 5.71. The molecule has 0 spiro atoms. The Kier molecular flexibility index (Phi) is 3.73. The SMILES string of the molecule is CCN(CN1C(=O)CCC1=O)c1cccc2c(=O)[nH][nH]c(=O)c12. The molecule has 0 saturated carbocycles. The first-order valence-corrected chi connectivity index (χ1v) is 7.34. The minimum Gasteiger partial charge on any atom is -0.353 e. The highest BCUT2D eigenvalue weighted by molar-refractivity contribution is 6.02. The lowest BCUT2D eigenvalue weighted by molar-refractivity contribution is -0.138. The second-order valence-corrected chi connectivity index (χ2v) is 5.32. The normalized spacial score (nSPS) is 14.7. The van der Waals surface area contributed by atoms with Crippen molar-refractivity contribution >= 4 is 28.3 Å². The predicted octanol–water partition coefficient (Wildman–Crippen LogP) is 0.149. The number of aromatic nitrogens is 2. The lowest BCUT2D eigenvalue weighted by Crippen LogP contribution is -2.41. The van der Waals surface area contributed by atoms with E-state index in [2.05, 4.69) is 10.2 Å². The number of nitrogens with zero attached hydrogens (tertiary/aromatic N) is 2. The number of hydrogen-bond acceptors (Lipinski definition) is 5. The van der Waals surface area contributed by atoms with E-state index in [9.17, 15) is 19.2 Å². The average Bonchev–Trinajstić information content (AvgIpc) is 2.87. The fraction of sp³-hybridized carbons (Fsp3) is 0.333. The maximum atomic E-state index is 12.1. The molecular weight excluding hydrogens is 300 g/mol.